The quantitative estimate of drug-likeness (QED) is 0.462. The summed E-state index contributed by atoms with van der Waals surface area (Å²) in [6, 6.07) is 3.07. The van der Waals surface area contributed by atoms with Crippen molar-refractivity contribution in [3.05, 3.63) is 33.6 Å². The molecule has 0 bridgehead atoms. The third-order valence-electron chi connectivity index (χ3n) is 1.31. The lowest BCUT2D eigenvalue weighted by Crippen LogP contribution is -2.21. The van der Waals surface area contributed by atoms with Crippen LogP contribution in [-0.4, -0.2) is 22.4 Å². The molecule has 0 aliphatic heterocycles. The fourth-order valence-electron chi connectivity index (χ4n) is 0.786. The predicted molar refractivity (Wildman–Crippen MR) is 49.7 cm³/mol. The number of nitrogens with zero attached hydrogens (tertiary/aromatic N) is 2. The molecule has 0 atom stereocenters. The second-order valence-electron chi connectivity index (χ2n) is 2.38. The Hall–Kier alpha value is -1.69. The summed E-state index contributed by atoms with van der Waals surface area (Å²) >= 11 is 5.61. The first-order valence-electron chi connectivity index (χ1n) is 3.62. The maximum absolute atomic E-state index is 10.9. The summed E-state index contributed by atoms with van der Waals surface area (Å²) in [6.45, 7) is -0.786. The van der Waals surface area contributed by atoms with Crippen LogP contribution in [0.15, 0.2) is 18.3 Å². The fraction of sp³-hybridized carbons (Fsp3) is 0.143. The van der Waals surface area contributed by atoms with E-state index in [2.05, 4.69) is 10.3 Å². The van der Waals surface area contributed by atoms with Crippen molar-refractivity contribution in [2.45, 2.75) is 0 Å². The summed E-state index contributed by atoms with van der Waals surface area (Å²) in [7, 11) is 0. The van der Waals surface area contributed by atoms with E-state index in [1.807, 2.05) is 0 Å². The summed E-state index contributed by atoms with van der Waals surface area (Å²) < 4.78 is 0. The van der Waals surface area contributed by atoms with Crippen LogP contribution >= 0.6 is 11.6 Å². The van der Waals surface area contributed by atoms with Crippen LogP contribution in [-0.2, 0) is 4.79 Å². The number of carbonyl (C=O) groups excluding carboxylic acids is 1. The van der Waals surface area contributed by atoms with Gasteiger partial charge in [-0.3, -0.25) is 14.9 Å². The molecule has 6 nitrogen and oxygen atoms in total. The molecule has 0 aromatic carbocycles. The number of rotatable bonds is 3. The molecule has 0 spiro atoms. The normalized spacial score (nSPS) is 9.50. The molecule has 0 aliphatic carbocycles. The first-order valence-corrected chi connectivity index (χ1v) is 3.99. The second kappa shape index (κ2) is 4.52. The molecule has 1 N–H and O–H groups in total. The molecule has 0 radical (unpaired) electrons. The predicted octanol–water partition coefficient (Wildman–Crippen LogP) is 0.950. The van der Waals surface area contributed by atoms with E-state index < -0.39 is 17.4 Å². The Bertz CT molecular complexity index is 369. The Morgan fingerprint density at radius 1 is 1.71 bits per heavy atom. The SMILES string of the molecule is O=C(C[N+](=O)[O-])Nc1cccnc1Cl. The number of hydrogen-bond acceptors (Lipinski definition) is 4. The van der Waals surface area contributed by atoms with Gasteiger partial charge in [-0.05, 0) is 12.1 Å². The zero-order valence-electron chi connectivity index (χ0n) is 6.94. The highest BCUT2D eigenvalue weighted by Crippen LogP contribution is 2.16. The largest absolute Gasteiger partial charge is 0.318 e. The van der Waals surface area contributed by atoms with E-state index in [0.29, 0.717) is 0 Å². The average molecular weight is 216 g/mol. The van der Waals surface area contributed by atoms with Crippen molar-refractivity contribution in [3.63, 3.8) is 0 Å². The van der Waals surface area contributed by atoms with Crippen molar-refractivity contribution in [2.24, 2.45) is 0 Å². The number of hydrogen-bond donors (Lipinski definition) is 1. The van der Waals surface area contributed by atoms with Crippen LogP contribution in [0.25, 0.3) is 0 Å². The minimum absolute atomic E-state index is 0.101. The summed E-state index contributed by atoms with van der Waals surface area (Å²) in [5, 5.41) is 12.3. The summed E-state index contributed by atoms with van der Waals surface area (Å²) in [5.41, 5.74) is 0.265. The van der Waals surface area contributed by atoms with Crippen LogP contribution in [0.1, 0.15) is 0 Å². The molecule has 0 unspecified atom stereocenters. The number of nitro groups is 1. The van der Waals surface area contributed by atoms with Crippen molar-refractivity contribution in [2.75, 3.05) is 11.9 Å². The standard InChI is InChI=1S/C7H6ClN3O3/c8-7-5(2-1-3-9-7)10-6(12)4-11(13)14/h1-3H,4H2,(H,10,12). The minimum Gasteiger partial charge on any atom is -0.318 e. The Morgan fingerprint density at radius 3 is 3.00 bits per heavy atom. The van der Waals surface area contributed by atoms with Crippen molar-refractivity contribution < 1.29 is 9.72 Å². The molecule has 0 saturated carbocycles. The van der Waals surface area contributed by atoms with Gasteiger partial charge in [-0.15, -0.1) is 0 Å². The smallest absolute Gasteiger partial charge is 0.296 e. The van der Waals surface area contributed by atoms with Crippen LogP contribution in [0.2, 0.25) is 5.15 Å². The van der Waals surface area contributed by atoms with Crippen molar-refractivity contribution in [3.8, 4) is 0 Å². The topological polar surface area (TPSA) is 85.1 Å². The average Bonchev–Trinajstić information content (AvgIpc) is 2.07. The van der Waals surface area contributed by atoms with E-state index in [4.69, 9.17) is 11.6 Å². The molecule has 1 amide bonds. The van der Waals surface area contributed by atoms with Gasteiger partial charge in [-0.25, -0.2) is 4.98 Å². The van der Waals surface area contributed by atoms with E-state index >= 15 is 0 Å². The van der Waals surface area contributed by atoms with Crippen LogP contribution in [0, 0.1) is 10.1 Å². The summed E-state index contributed by atoms with van der Waals surface area (Å²) in [6.07, 6.45) is 1.45. The number of aromatic nitrogens is 1. The Balaban J connectivity index is 2.65. The van der Waals surface area contributed by atoms with E-state index in [9.17, 15) is 14.9 Å². The highest BCUT2D eigenvalue weighted by molar-refractivity contribution is 6.32. The van der Waals surface area contributed by atoms with E-state index in [1.165, 1.54) is 12.3 Å². The molecule has 1 heterocycles. The monoisotopic (exact) mass is 215 g/mol. The number of nitrogens with one attached hydrogen (secondary N) is 1. The van der Waals surface area contributed by atoms with Crippen molar-refractivity contribution in [1.29, 1.82) is 0 Å². The molecule has 0 saturated heterocycles. The summed E-state index contributed by atoms with van der Waals surface area (Å²) in [5.74, 6) is -0.732. The number of anilines is 1. The molecule has 1 rings (SSSR count). The van der Waals surface area contributed by atoms with Gasteiger partial charge in [-0.2, -0.15) is 0 Å². The molecular weight excluding hydrogens is 210 g/mol. The number of halogens is 1. The third-order valence-corrected chi connectivity index (χ3v) is 1.61. The van der Waals surface area contributed by atoms with Crippen LogP contribution in [0.4, 0.5) is 5.69 Å². The van der Waals surface area contributed by atoms with Crippen LogP contribution in [0.3, 0.4) is 0 Å². The highest BCUT2D eigenvalue weighted by Gasteiger charge is 2.11. The number of amides is 1. The lowest BCUT2D eigenvalue weighted by Gasteiger charge is -2.02. The lowest BCUT2D eigenvalue weighted by atomic mass is 10.4. The maximum atomic E-state index is 10.9. The van der Waals surface area contributed by atoms with Gasteiger partial charge in [0.2, 0.25) is 0 Å². The van der Waals surface area contributed by atoms with Crippen molar-refractivity contribution >= 4 is 23.2 Å². The van der Waals surface area contributed by atoms with Gasteiger partial charge in [0, 0.05) is 11.1 Å². The molecule has 0 fully saturated rings. The second-order valence-corrected chi connectivity index (χ2v) is 2.74. The molecule has 1 aromatic heterocycles. The molecule has 7 heteroatoms. The molecular formula is C7H6ClN3O3. The third kappa shape index (κ3) is 2.98. The van der Waals surface area contributed by atoms with Gasteiger partial charge >= 0.3 is 0 Å². The fourth-order valence-corrected chi connectivity index (χ4v) is 0.953. The van der Waals surface area contributed by atoms with Gasteiger partial charge in [0.05, 0.1) is 5.69 Å². The zero-order chi connectivity index (χ0) is 10.6. The Kier molecular flexibility index (Phi) is 3.35. The number of carbonyl (C=O) groups is 1. The number of pyridine rings is 1. The van der Waals surface area contributed by atoms with Gasteiger partial charge in [0.1, 0.15) is 0 Å². The van der Waals surface area contributed by atoms with Gasteiger partial charge in [0.15, 0.2) is 5.15 Å². The van der Waals surface area contributed by atoms with E-state index in [-0.39, 0.29) is 10.8 Å². The molecule has 0 aliphatic rings. The van der Waals surface area contributed by atoms with E-state index in [1.54, 1.807) is 6.07 Å². The van der Waals surface area contributed by atoms with Crippen molar-refractivity contribution in [1.82, 2.24) is 4.98 Å². The Morgan fingerprint density at radius 2 is 2.43 bits per heavy atom. The van der Waals surface area contributed by atoms with Gasteiger partial charge in [-0.1, -0.05) is 11.6 Å². The first-order chi connectivity index (χ1) is 6.59. The molecule has 74 valence electrons. The first kappa shape index (κ1) is 10.4. The highest BCUT2D eigenvalue weighted by atomic mass is 35.5. The summed E-state index contributed by atoms with van der Waals surface area (Å²) in [4.78, 5) is 23.9. The van der Waals surface area contributed by atoms with Crippen LogP contribution < -0.4 is 5.32 Å². The minimum atomic E-state index is -0.786. The Labute approximate surface area is 84.0 Å². The van der Waals surface area contributed by atoms with E-state index in [0.717, 1.165) is 0 Å². The maximum Gasteiger partial charge on any atom is 0.296 e. The van der Waals surface area contributed by atoms with Gasteiger partial charge in [0.25, 0.3) is 12.5 Å². The zero-order valence-corrected chi connectivity index (χ0v) is 7.69. The lowest BCUT2D eigenvalue weighted by molar-refractivity contribution is -0.467. The van der Waals surface area contributed by atoms with Crippen LogP contribution in [0.5, 0.6) is 0 Å². The molecule has 14 heavy (non-hydrogen) atoms. The van der Waals surface area contributed by atoms with Gasteiger partial charge < -0.3 is 5.32 Å². The molecule has 1 aromatic rings.